The predicted octanol–water partition coefficient (Wildman–Crippen LogP) is 0.898. The first-order valence-electron chi connectivity index (χ1n) is 7.03. The molecule has 0 radical (unpaired) electrons. The third kappa shape index (κ3) is 2.63. The number of carbonyl (C=O) groups excluding carboxylic acids is 1. The van der Waals surface area contributed by atoms with E-state index < -0.39 is 18.0 Å². The topological polar surface area (TPSA) is 89.6 Å². The van der Waals surface area contributed by atoms with Gasteiger partial charge in [0.15, 0.2) is 11.7 Å². The summed E-state index contributed by atoms with van der Waals surface area (Å²) in [6, 6.07) is 2.85. The van der Waals surface area contributed by atoms with E-state index in [4.69, 9.17) is 20.0 Å². The van der Waals surface area contributed by atoms with Crippen molar-refractivity contribution < 1.29 is 23.5 Å². The average Bonchev–Trinajstić information content (AvgIpc) is 2.91. The second-order valence-electron chi connectivity index (χ2n) is 5.16. The minimum absolute atomic E-state index is 0.135. The highest BCUT2D eigenvalue weighted by atomic mass is 19.1. The number of hydrogen-bond donors (Lipinski definition) is 1. The maximum atomic E-state index is 14.5. The lowest BCUT2D eigenvalue weighted by atomic mass is 10.2. The number of amides is 1. The minimum atomic E-state index is -0.550. The van der Waals surface area contributed by atoms with Gasteiger partial charge in [-0.05, 0) is 0 Å². The highest BCUT2D eigenvalue weighted by Crippen LogP contribution is 2.38. The quantitative estimate of drug-likeness (QED) is 0.831. The standard InChI is InChI=1S/C14H17FN4O4/c1-18-12(17-21-2)7-22-11-4-8(3-10(15)13(11)18)19-6-9(5-16)23-14(19)20/h3-4,9H,5-7,16H2,1-2H3/t9-/m1/s1. The fourth-order valence-corrected chi connectivity index (χ4v) is 2.57. The number of carbonyl (C=O) groups is 1. The highest BCUT2D eigenvalue weighted by molar-refractivity contribution is 6.02. The van der Waals surface area contributed by atoms with E-state index in [1.807, 2.05) is 0 Å². The van der Waals surface area contributed by atoms with Gasteiger partial charge in [-0.15, -0.1) is 0 Å². The lowest BCUT2D eigenvalue weighted by Crippen LogP contribution is -2.37. The molecule has 8 nitrogen and oxygen atoms in total. The number of anilines is 2. The molecule has 1 aromatic carbocycles. The molecule has 3 rings (SSSR count). The van der Waals surface area contributed by atoms with Gasteiger partial charge in [-0.1, -0.05) is 5.16 Å². The van der Waals surface area contributed by atoms with E-state index in [0.717, 1.165) is 0 Å². The van der Waals surface area contributed by atoms with Gasteiger partial charge in [0.1, 0.15) is 31.3 Å². The van der Waals surface area contributed by atoms with Crippen molar-refractivity contribution in [2.24, 2.45) is 10.9 Å². The summed E-state index contributed by atoms with van der Waals surface area (Å²) >= 11 is 0. The molecule has 1 saturated heterocycles. The Kier molecular flexibility index (Phi) is 3.95. The molecule has 124 valence electrons. The molecular weight excluding hydrogens is 307 g/mol. The van der Waals surface area contributed by atoms with Crippen molar-refractivity contribution in [3.05, 3.63) is 17.9 Å². The monoisotopic (exact) mass is 324 g/mol. The molecule has 0 bridgehead atoms. The average molecular weight is 324 g/mol. The zero-order valence-electron chi connectivity index (χ0n) is 12.8. The normalized spacial score (nSPS) is 22.0. The summed E-state index contributed by atoms with van der Waals surface area (Å²) in [4.78, 5) is 19.5. The molecule has 0 unspecified atom stereocenters. The third-order valence-corrected chi connectivity index (χ3v) is 3.74. The lowest BCUT2D eigenvalue weighted by molar-refractivity contribution is 0.145. The van der Waals surface area contributed by atoms with Crippen LogP contribution in [0.15, 0.2) is 17.3 Å². The number of likely N-dealkylation sites (N-methyl/N-ethyl adjacent to an activating group) is 1. The van der Waals surface area contributed by atoms with E-state index >= 15 is 0 Å². The van der Waals surface area contributed by atoms with Crippen LogP contribution in [-0.4, -0.2) is 51.9 Å². The molecule has 0 aromatic heterocycles. The second-order valence-corrected chi connectivity index (χ2v) is 5.16. The maximum Gasteiger partial charge on any atom is 0.414 e. The summed E-state index contributed by atoms with van der Waals surface area (Å²) in [5.41, 5.74) is 6.10. The predicted molar refractivity (Wildman–Crippen MR) is 81.4 cm³/mol. The molecule has 2 heterocycles. The van der Waals surface area contributed by atoms with Crippen LogP contribution in [0.2, 0.25) is 0 Å². The number of benzene rings is 1. The second kappa shape index (κ2) is 5.92. The molecule has 0 spiro atoms. The number of nitrogens with zero attached hydrogens (tertiary/aromatic N) is 3. The van der Waals surface area contributed by atoms with Crippen molar-refractivity contribution in [2.45, 2.75) is 6.10 Å². The molecule has 1 atom stereocenters. The van der Waals surface area contributed by atoms with Crippen LogP contribution in [0.3, 0.4) is 0 Å². The smallest absolute Gasteiger partial charge is 0.414 e. The van der Waals surface area contributed by atoms with Crippen molar-refractivity contribution >= 4 is 23.3 Å². The Morgan fingerprint density at radius 3 is 2.96 bits per heavy atom. The van der Waals surface area contributed by atoms with E-state index in [2.05, 4.69) is 5.16 Å². The van der Waals surface area contributed by atoms with Gasteiger partial charge in [-0.2, -0.15) is 0 Å². The van der Waals surface area contributed by atoms with Gasteiger partial charge >= 0.3 is 6.09 Å². The number of rotatable bonds is 3. The number of fused-ring (bicyclic) bond motifs is 1. The number of amidine groups is 1. The number of halogens is 1. The largest absolute Gasteiger partial charge is 0.483 e. The first-order valence-corrected chi connectivity index (χ1v) is 7.03. The Bertz CT molecular complexity index is 666. The molecule has 1 fully saturated rings. The van der Waals surface area contributed by atoms with Crippen LogP contribution < -0.4 is 20.3 Å². The van der Waals surface area contributed by atoms with Gasteiger partial charge in [0.25, 0.3) is 0 Å². The number of nitrogens with two attached hydrogens (primary N) is 1. The molecule has 9 heteroatoms. The molecule has 1 amide bonds. The Labute approximate surface area is 132 Å². The van der Waals surface area contributed by atoms with Gasteiger partial charge in [0, 0.05) is 25.7 Å². The summed E-state index contributed by atoms with van der Waals surface area (Å²) in [7, 11) is 3.07. The van der Waals surface area contributed by atoms with Crippen molar-refractivity contribution in [1.29, 1.82) is 0 Å². The fourth-order valence-electron chi connectivity index (χ4n) is 2.57. The minimum Gasteiger partial charge on any atom is -0.483 e. The van der Waals surface area contributed by atoms with Crippen LogP contribution in [0.1, 0.15) is 0 Å². The first-order chi connectivity index (χ1) is 11.0. The van der Waals surface area contributed by atoms with Gasteiger partial charge in [0.05, 0.1) is 12.2 Å². The van der Waals surface area contributed by atoms with Crippen LogP contribution in [0, 0.1) is 5.82 Å². The summed E-state index contributed by atoms with van der Waals surface area (Å²) in [5.74, 6) is 0.226. The van der Waals surface area contributed by atoms with E-state index in [-0.39, 0.29) is 25.4 Å². The van der Waals surface area contributed by atoms with E-state index in [1.165, 1.54) is 18.1 Å². The molecule has 2 aliphatic heterocycles. The maximum absolute atomic E-state index is 14.5. The van der Waals surface area contributed by atoms with Crippen LogP contribution in [-0.2, 0) is 9.57 Å². The van der Waals surface area contributed by atoms with Crippen LogP contribution in [0.5, 0.6) is 5.75 Å². The zero-order chi connectivity index (χ0) is 16.6. The highest BCUT2D eigenvalue weighted by Gasteiger charge is 2.34. The number of oxime groups is 1. The van der Waals surface area contributed by atoms with E-state index in [9.17, 15) is 9.18 Å². The van der Waals surface area contributed by atoms with Gasteiger partial charge < -0.3 is 24.9 Å². The van der Waals surface area contributed by atoms with Crippen LogP contribution in [0.25, 0.3) is 0 Å². The third-order valence-electron chi connectivity index (χ3n) is 3.74. The molecule has 0 aliphatic carbocycles. The Balaban J connectivity index is 1.95. The zero-order valence-corrected chi connectivity index (χ0v) is 12.8. The lowest BCUT2D eigenvalue weighted by Gasteiger charge is -2.29. The Hall–Kier alpha value is -2.55. The molecule has 0 saturated carbocycles. The summed E-state index contributed by atoms with van der Waals surface area (Å²) in [5, 5.41) is 3.79. The van der Waals surface area contributed by atoms with Crippen LogP contribution >= 0.6 is 0 Å². The summed E-state index contributed by atoms with van der Waals surface area (Å²) in [6.45, 7) is 0.627. The number of ether oxygens (including phenoxy) is 2. The fraction of sp³-hybridized carbons (Fsp3) is 0.429. The van der Waals surface area contributed by atoms with Gasteiger partial charge in [-0.25, -0.2) is 9.18 Å². The molecule has 23 heavy (non-hydrogen) atoms. The van der Waals surface area contributed by atoms with Crippen molar-refractivity contribution in [3.63, 3.8) is 0 Å². The Morgan fingerprint density at radius 1 is 1.52 bits per heavy atom. The van der Waals surface area contributed by atoms with Crippen molar-refractivity contribution in [1.82, 2.24) is 0 Å². The number of cyclic esters (lactones) is 1. The van der Waals surface area contributed by atoms with Gasteiger partial charge in [0.2, 0.25) is 0 Å². The summed E-state index contributed by atoms with van der Waals surface area (Å²) in [6.07, 6.45) is -0.948. The van der Waals surface area contributed by atoms with E-state index in [0.29, 0.717) is 17.3 Å². The molecule has 1 aromatic rings. The van der Waals surface area contributed by atoms with Crippen molar-refractivity contribution in [3.8, 4) is 5.75 Å². The van der Waals surface area contributed by atoms with Crippen molar-refractivity contribution in [2.75, 3.05) is 43.7 Å². The number of hydrogen-bond acceptors (Lipinski definition) is 6. The summed E-state index contributed by atoms with van der Waals surface area (Å²) < 4.78 is 25.2. The Morgan fingerprint density at radius 2 is 2.30 bits per heavy atom. The van der Waals surface area contributed by atoms with Crippen LogP contribution in [0.4, 0.5) is 20.6 Å². The van der Waals surface area contributed by atoms with E-state index in [1.54, 1.807) is 18.0 Å². The molecule has 2 N–H and O–H groups in total. The molecule has 2 aliphatic rings. The first kappa shape index (κ1) is 15.3. The SMILES string of the molecule is CON=C1COc2cc(N3C[C@@H](CN)OC3=O)cc(F)c2N1C. The molecular formula is C14H17FN4O4. The van der Waals surface area contributed by atoms with Gasteiger partial charge in [-0.3, -0.25) is 4.90 Å².